The first-order valence-electron chi connectivity index (χ1n) is 7.58. The summed E-state index contributed by atoms with van der Waals surface area (Å²) < 4.78 is 7.48. The van der Waals surface area contributed by atoms with E-state index < -0.39 is 6.10 Å². The third-order valence-corrected chi connectivity index (χ3v) is 3.79. The molecule has 3 aromatic rings. The number of aliphatic hydroxyl groups is 1. The molecule has 1 atom stereocenters. The molecule has 0 aliphatic rings. The summed E-state index contributed by atoms with van der Waals surface area (Å²) in [6.45, 7) is 0.829. The van der Waals surface area contributed by atoms with E-state index in [0.717, 1.165) is 22.2 Å². The van der Waals surface area contributed by atoms with Gasteiger partial charge in [0.25, 0.3) is 0 Å². The highest BCUT2D eigenvalue weighted by Crippen LogP contribution is 2.22. The smallest absolute Gasteiger partial charge is 0.155 e. The van der Waals surface area contributed by atoms with Crippen molar-refractivity contribution in [3.63, 3.8) is 0 Å². The van der Waals surface area contributed by atoms with Crippen LogP contribution in [0.4, 0.5) is 0 Å². The summed E-state index contributed by atoms with van der Waals surface area (Å²) in [4.78, 5) is 0. The molecule has 1 heterocycles. The Kier molecular flexibility index (Phi) is 4.77. The second-order valence-electron chi connectivity index (χ2n) is 5.39. The summed E-state index contributed by atoms with van der Waals surface area (Å²) in [7, 11) is 1.94. The number of benzene rings is 2. The van der Waals surface area contributed by atoms with Gasteiger partial charge in [-0.25, -0.2) is 0 Å². The van der Waals surface area contributed by atoms with Gasteiger partial charge in [0.1, 0.15) is 6.61 Å². The van der Waals surface area contributed by atoms with Crippen molar-refractivity contribution in [2.24, 2.45) is 7.05 Å². The van der Waals surface area contributed by atoms with Crippen LogP contribution in [0, 0.1) is 11.8 Å². The summed E-state index contributed by atoms with van der Waals surface area (Å²) >= 11 is 0. The number of hydrogen-bond donors (Lipinski definition) is 1. The van der Waals surface area contributed by atoms with Crippen molar-refractivity contribution >= 4 is 10.9 Å². The largest absolute Gasteiger partial charge is 0.375 e. The van der Waals surface area contributed by atoms with Crippen LogP contribution in [-0.2, 0) is 18.4 Å². The van der Waals surface area contributed by atoms with Gasteiger partial charge in [-0.1, -0.05) is 60.4 Å². The standard InChI is InChI=1S/C20H19NO2/c1-21-18-11-6-5-10-17(18)14-19(21)20(22)12-7-13-23-15-16-8-3-2-4-9-16/h2-6,8-11,14,20,22H,13,15H2,1H3. The molecule has 116 valence electrons. The maximum atomic E-state index is 10.3. The lowest BCUT2D eigenvalue weighted by molar-refractivity contribution is 0.153. The molecule has 0 saturated heterocycles. The lowest BCUT2D eigenvalue weighted by Crippen LogP contribution is -2.02. The molecule has 0 aliphatic carbocycles. The fourth-order valence-electron chi connectivity index (χ4n) is 2.58. The van der Waals surface area contributed by atoms with Crippen molar-refractivity contribution in [2.75, 3.05) is 6.61 Å². The first kappa shape index (κ1) is 15.4. The van der Waals surface area contributed by atoms with E-state index in [9.17, 15) is 5.11 Å². The maximum absolute atomic E-state index is 10.3. The number of nitrogens with zero attached hydrogens (tertiary/aromatic N) is 1. The van der Waals surface area contributed by atoms with Gasteiger partial charge in [-0.05, 0) is 23.1 Å². The predicted molar refractivity (Wildman–Crippen MR) is 91.8 cm³/mol. The first-order chi connectivity index (χ1) is 11.3. The first-order valence-corrected chi connectivity index (χ1v) is 7.58. The molecule has 3 nitrogen and oxygen atoms in total. The van der Waals surface area contributed by atoms with Crippen molar-refractivity contribution in [1.82, 2.24) is 4.57 Å². The number of para-hydroxylation sites is 1. The van der Waals surface area contributed by atoms with Gasteiger partial charge in [0.05, 0.1) is 12.3 Å². The van der Waals surface area contributed by atoms with Crippen LogP contribution < -0.4 is 0 Å². The minimum Gasteiger partial charge on any atom is -0.375 e. The Hall–Kier alpha value is -2.54. The van der Waals surface area contributed by atoms with Crippen LogP contribution in [0.1, 0.15) is 17.4 Å². The fourth-order valence-corrected chi connectivity index (χ4v) is 2.58. The third-order valence-electron chi connectivity index (χ3n) is 3.79. The van der Waals surface area contributed by atoms with Crippen LogP contribution in [-0.4, -0.2) is 16.3 Å². The van der Waals surface area contributed by atoms with Crippen LogP contribution in [0.2, 0.25) is 0 Å². The highest BCUT2D eigenvalue weighted by atomic mass is 16.5. The van der Waals surface area contributed by atoms with E-state index in [1.54, 1.807) is 0 Å². The summed E-state index contributed by atoms with van der Waals surface area (Å²) in [5.41, 5.74) is 2.99. The SMILES string of the molecule is Cn1c(C(O)C#CCOCc2ccccc2)cc2ccccc21. The topological polar surface area (TPSA) is 34.4 Å². The summed E-state index contributed by atoms with van der Waals surface area (Å²) in [5.74, 6) is 5.74. The van der Waals surface area contributed by atoms with Crippen LogP contribution in [0.15, 0.2) is 60.7 Å². The highest BCUT2D eigenvalue weighted by molar-refractivity contribution is 5.81. The minimum atomic E-state index is -0.812. The van der Waals surface area contributed by atoms with E-state index in [4.69, 9.17) is 4.74 Å². The van der Waals surface area contributed by atoms with Crippen molar-refractivity contribution in [1.29, 1.82) is 0 Å². The number of aromatic nitrogens is 1. The lowest BCUT2D eigenvalue weighted by Gasteiger charge is -2.06. The Labute approximate surface area is 136 Å². The zero-order valence-electron chi connectivity index (χ0n) is 13.1. The molecule has 0 bridgehead atoms. The molecule has 0 amide bonds. The monoisotopic (exact) mass is 305 g/mol. The highest BCUT2D eigenvalue weighted by Gasteiger charge is 2.11. The molecule has 0 saturated carbocycles. The van der Waals surface area contributed by atoms with E-state index in [2.05, 4.69) is 11.8 Å². The van der Waals surface area contributed by atoms with Gasteiger partial charge in [0.15, 0.2) is 6.10 Å². The molecule has 23 heavy (non-hydrogen) atoms. The third kappa shape index (κ3) is 3.62. The van der Waals surface area contributed by atoms with Crippen LogP contribution in [0.5, 0.6) is 0 Å². The van der Waals surface area contributed by atoms with E-state index in [0.29, 0.717) is 13.2 Å². The van der Waals surface area contributed by atoms with Gasteiger partial charge in [-0.2, -0.15) is 0 Å². The van der Waals surface area contributed by atoms with Crippen LogP contribution in [0.25, 0.3) is 10.9 Å². The number of hydrogen-bond acceptors (Lipinski definition) is 2. The summed E-state index contributed by atoms with van der Waals surface area (Å²) in [6.07, 6.45) is -0.812. The average molecular weight is 305 g/mol. The normalized spacial score (nSPS) is 11.9. The molecule has 1 N–H and O–H groups in total. The molecule has 0 aliphatic heterocycles. The Morgan fingerprint density at radius 3 is 2.61 bits per heavy atom. The molecule has 3 heteroatoms. The molecular formula is C20H19NO2. The van der Waals surface area contributed by atoms with E-state index in [1.165, 1.54) is 0 Å². The molecule has 3 rings (SSSR count). The lowest BCUT2D eigenvalue weighted by atomic mass is 10.2. The molecule has 1 aromatic heterocycles. The van der Waals surface area contributed by atoms with Crippen molar-refractivity contribution < 1.29 is 9.84 Å². The number of rotatable bonds is 4. The van der Waals surface area contributed by atoms with Crippen molar-refractivity contribution in [3.05, 3.63) is 71.9 Å². The molecule has 0 spiro atoms. The fraction of sp³-hybridized carbons (Fsp3) is 0.200. The van der Waals surface area contributed by atoms with Gasteiger partial charge >= 0.3 is 0 Å². The van der Waals surface area contributed by atoms with Gasteiger partial charge in [0, 0.05) is 12.6 Å². The Balaban J connectivity index is 1.60. The predicted octanol–water partition coefficient (Wildman–Crippen LogP) is 3.43. The van der Waals surface area contributed by atoms with Crippen molar-refractivity contribution in [3.8, 4) is 11.8 Å². The number of ether oxygens (including phenoxy) is 1. The molecule has 0 radical (unpaired) electrons. The van der Waals surface area contributed by atoms with E-state index in [1.807, 2.05) is 72.3 Å². The summed E-state index contributed by atoms with van der Waals surface area (Å²) in [5, 5.41) is 11.4. The van der Waals surface area contributed by atoms with Crippen LogP contribution in [0.3, 0.4) is 0 Å². The minimum absolute atomic E-state index is 0.301. The number of aliphatic hydroxyl groups excluding tert-OH is 1. The van der Waals surface area contributed by atoms with Gasteiger partial charge in [-0.3, -0.25) is 0 Å². The van der Waals surface area contributed by atoms with E-state index >= 15 is 0 Å². The second kappa shape index (κ2) is 7.15. The van der Waals surface area contributed by atoms with Gasteiger partial charge in [0.2, 0.25) is 0 Å². The second-order valence-corrected chi connectivity index (χ2v) is 5.39. The number of fused-ring (bicyclic) bond motifs is 1. The maximum Gasteiger partial charge on any atom is 0.155 e. The Bertz CT molecular complexity index is 840. The quantitative estimate of drug-likeness (QED) is 0.592. The Morgan fingerprint density at radius 1 is 1.09 bits per heavy atom. The molecule has 2 aromatic carbocycles. The number of aryl methyl sites for hydroxylation is 1. The average Bonchev–Trinajstić information content (AvgIpc) is 2.93. The zero-order chi connectivity index (χ0) is 16.1. The van der Waals surface area contributed by atoms with Gasteiger partial charge < -0.3 is 14.4 Å². The van der Waals surface area contributed by atoms with Crippen LogP contribution >= 0.6 is 0 Å². The Morgan fingerprint density at radius 2 is 1.83 bits per heavy atom. The van der Waals surface area contributed by atoms with E-state index in [-0.39, 0.29) is 0 Å². The van der Waals surface area contributed by atoms with Gasteiger partial charge in [-0.15, -0.1) is 0 Å². The summed E-state index contributed by atoms with van der Waals surface area (Å²) in [6, 6.07) is 20.0. The zero-order valence-corrected chi connectivity index (χ0v) is 13.1. The molecule has 0 fully saturated rings. The molecular weight excluding hydrogens is 286 g/mol. The van der Waals surface area contributed by atoms with Crippen molar-refractivity contribution in [2.45, 2.75) is 12.7 Å². The molecule has 1 unspecified atom stereocenters.